The lowest BCUT2D eigenvalue weighted by Gasteiger charge is -2.29. The van der Waals surface area contributed by atoms with Crippen LogP contribution in [0.4, 0.5) is 0 Å². The van der Waals surface area contributed by atoms with Crippen molar-refractivity contribution in [2.75, 3.05) is 39.5 Å². The zero-order chi connectivity index (χ0) is 21.8. The van der Waals surface area contributed by atoms with Crippen molar-refractivity contribution in [2.24, 2.45) is 0 Å². The molecule has 4 rings (SSSR count). The van der Waals surface area contributed by atoms with Crippen LogP contribution in [0, 0.1) is 0 Å². The first-order chi connectivity index (χ1) is 15.1. The Kier molecular flexibility index (Phi) is 6.59. The average Bonchev–Trinajstić information content (AvgIpc) is 3.04. The third-order valence-corrected chi connectivity index (χ3v) is 5.71. The Morgan fingerprint density at radius 2 is 1.65 bits per heavy atom. The molecule has 0 aromatic heterocycles. The molecule has 0 saturated carbocycles. The number of halogens is 1. The first kappa shape index (κ1) is 21.4. The molecular formula is C24H25ClN2O4. The molecule has 7 heteroatoms. The monoisotopic (exact) mass is 440 g/mol. The van der Waals surface area contributed by atoms with Crippen molar-refractivity contribution < 1.29 is 19.1 Å². The van der Waals surface area contributed by atoms with Gasteiger partial charge in [0.2, 0.25) is 0 Å². The normalized spacial score (nSPS) is 17.0. The van der Waals surface area contributed by atoms with Gasteiger partial charge in [-0.2, -0.15) is 0 Å². The third-order valence-electron chi connectivity index (χ3n) is 5.46. The number of ether oxygens (including phenoxy) is 2. The van der Waals surface area contributed by atoms with E-state index in [4.69, 9.17) is 21.1 Å². The van der Waals surface area contributed by atoms with Gasteiger partial charge >= 0.3 is 0 Å². The first-order valence-corrected chi connectivity index (χ1v) is 10.9. The van der Waals surface area contributed by atoms with E-state index in [1.54, 1.807) is 0 Å². The van der Waals surface area contributed by atoms with Crippen LogP contribution in [0.1, 0.15) is 18.1 Å². The van der Waals surface area contributed by atoms with E-state index in [9.17, 15) is 9.59 Å². The summed E-state index contributed by atoms with van der Waals surface area (Å²) in [6.45, 7) is 5.04. The molecule has 0 atom stereocenters. The fourth-order valence-electron chi connectivity index (χ4n) is 3.88. The molecule has 2 aliphatic rings. The van der Waals surface area contributed by atoms with Crippen LogP contribution >= 0.6 is 11.6 Å². The van der Waals surface area contributed by atoms with Crippen LogP contribution in [0.15, 0.2) is 54.2 Å². The molecule has 0 bridgehead atoms. The van der Waals surface area contributed by atoms with E-state index in [0.717, 1.165) is 16.9 Å². The Hall–Kier alpha value is -2.83. The zero-order valence-corrected chi connectivity index (χ0v) is 18.2. The number of hydrogen-bond donors (Lipinski definition) is 0. The Balaban J connectivity index is 1.62. The van der Waals surface area contributed by atoms with Gasteiger partial charge in [-0.1, -0.05) is 35.9 Å². The molecular weight excluding hydrogens is 416 g/mol. The second kappa shape index (κ2) is 9.54. The first-order valence-electron chi connectivity index (χ1n) is 10.5. The zero-order valence-electron chi connectivity index (χ0n) is 17.5. The predicted molar refractivity (Wildman–Crippen MR) is 119 cm³/mol. The van der Waals surface area contributed by atoms with Gasteiger partial charge in [0.1, 0.15) is 11.4 Å². The number of nitrogens with zero attached hydrogens (tertiary/aromatic N) is 2. The molecule has 0 aliphatic carbocycles. The maximum atomic E-state index is 13.4. The molecule has 0 spiro atoms. The standard InChI is InChI=1S/C24H25ClN2O4/c1-2-31-20-9-5-18(6-10-20)21-22(26-13-15-30-16-14-26)24(29)27(23(21)28)12-11-17-3-7-19(25)8-4-17/h3-10H,2,11-16H2,1H3. The molecule has 162 valence electrons. The highest BCUT2D eigenvalue weighted by atomic mass is 35.5. The number of carbonyl (C=O) groups is 2. The Morgan fingerprint density at radius 1 is 0.968 bits per heavy atom. The van der Waals surface area contributed by atoms with Gasteiger partial charge < -0.3 is 14.4 Å². The molecule has 0 N–H and O–H groups in total. The predicted octanol–water partition coefficient (Wildman–Crippen LogP) is 3.39. The molecule has 1 fully saturated rings. The fraction of sp³-hybridized carbons (Fsp3) is 0.333. The van der Waals surface area contributed by atoms with Crippen LogP contribution < -0.4 is 4.74 Å². The van der Waals surface area contributed by atoms with Gasteiger partial charge in [-0.15, -0.1) is 0 Å². The van der Waals surface area contributed by atoms with E-state index in [1.165, 1.54) is 4.90 Å². The van der Waals surface area contributed by atoms with Crippen molar-refractivity contribution in [1.29, 1.82) is 0 Å². The van der Waals surface area contributed by atoms with Gasteiger partial charge in [-0.25, -0.2) is 0 Å². The van der Waals surface area contributed by atoms with E-state index in [1.807, 2.05) is 60.4 Å². The highest BCUT2D eigenvalue weighted by molar-refractivity contribution is 6.35. The van der Waals surface area contributed by atoms with Crippen LogP contribution in [0.2, 0.25) is 5.02 Å². The maximum absolute atomic E-state index is 13.4. The second-order valence-electron chi connectivity index (χ2n) is 7.42. The SMILES string of the molecule is CCOc1ccc(C2=C(N3CCOCC3)C(=O)N(CCc3ccc(Cl)cc3)C2=O)cc1. The minimum absolute atomic E-state index is 0.246. The molecule has 2 aromatic rings. The summed E-state index contributed by atoms with van der Waals surface area (Å²) in [6, 6.07) is 14.8. The number of imide groups is 1. The van der Waals surface area contributed by atoms with Gasteiger partial charge in [0.25, 0.3) is 11.8 Å². The molecule has 2 heterocycles. The lowest BCUT2D eigenvalue weighted by molar-refractivity contribution is -0.137. The summed E-state index contributed by atoms with van der Waals surface area (Å²) in [7, 11) is 0. The van der Waals surface area contributed by atoms with Crippen molar-refractivity contribution in [1.82, 2.24) is 9.80 Å². The molecule has 1 saturated heterocycles. The van der Waals surface area contributed by atoms with Crippen molar-refractivity contribution >= 4 is 29.0 Å². The van der Waals surface area contributed by atoms with E-state index < -0.39 is 0 Å². The molecule has 2 aliphatic heterocycles. The number of morpholine rings is 1. The number of hydrogen-bond acceptors (Lipinski definition) is 5. The van der Waals surface area contributed by atoms with Crippen molar-refractivity contribution in [3.8, 4) is 5.75 Å². The van der Waals surface area contributed by atoms with Crippen LogP contribution in [0.3, 0.4) is 0 Å². The van der Waals surface area contributed by atoms with Gasteiger partial charge in [0.05, 0.1) is 25.4 Å². The van der Waals surface area contributed by atoms with Crippen LogP contribution in [-0.2, 0) is 20.7 Å². The van der Waals surface area contributed by atoms with Crippen molar-refractivity contribution in [3.05, 3.63) is 70.4 Å². The highest BCUT2D eigenvalue weighted by Gasteiger charge is 2.41. The van der Waals surface area contributed by atoms with Crippen molar-refractivity contribution in [3.63, 3.8) is 0 Å². The van der Waals surface area contributed by atoms with E-state index in [2.05, 4.69) is 0 Å². The molecule has 6 nitrogen and oxygen atoms in total. The highest BCUT2D eigenvalue weighted by Crippen LogP contribution is 2.33. The van der Waals surface area contributed by atoms with Gasteiger partial charge in [-0.05, 0) is 48.7 Å². The lowest BCUT2D eigenvalue weighted by Crippen LogP contribution is -2.40. The topological polar surface area (TPSA) is 59.1 Å². The fourth-order valence-corrected chi connectivity index (χ4v) is 4.01. The lowest BCUT2D eigenvalue weighted by atomic mass is 10.0. The number of rotatable bonds is 7. The molecule has 0 unspecified atom stereocenters. The van der Waals surface area contributed by atoms with Gasteiger partial charge in [-0.3, -0.25) is 14.5 Å². The van der Waals surface area contributed by atoms with Crippen LogP contribution in [0.5, 0.6) is 5.75 Å². The maximum Gasteiger partial charge on any atom is 0.277 e. The summed E-state index contributed by atoms with van der Waals surface area (Å²) in [5, 5.41) is 0.658. The summed E-state index contributed by atoms with van der Waals surface area (Å²) < 4.78 is 11.0. The summed E-state index contributed by atoms with van der Waals surface area (Å²) >= 11 is 5.96. The summed E-state index contributed by atoms with van der Waals surface area (Å²) in [4.78, 5) is 30.1. The van der Waals surface area contributed by atoms with E-state index >= 15 is 0 Å². The minimum Gasteiger partial charge on any atom is -0.494 e. The molecule has 31 heavy (non-hydrogen) atoms. The van der Waals surface area contributed by atoms with Gasteiger partial charge in [0.15, 0.2) is 0 Å². The summed E-state index contributed by atoms with van der Waals surface area (Å²) in [5.41, 5.74) is 2.66. The van der Waals surface area contributed by atoms with Crippen molar-refractivity contribution in [2.45, 2.75) is 13.3 Å². The van der Waals surface area contributed by atoms with E-state index in [-0.39, 0.29) is 11.8 Å². The van der Waals surface area contributed by atoms with E-state index in [0.29, 0.717) is 62.2 Å². The number of amides is 2. The smallest absolute Gasteiger partial charge is 0.277 e. The third kappa shape index (κ3) is 4.60. The van der Waals surface area contributed by atoms with Gasteiger partial charge in [0, 0.05) is 24.7 Å². The molecule has 2 aromatic carbocycles. The molecule has 0 radical (unpaired) electrons. The quantitative estimate of drug-likeness (QED) is 0.618. The minimum atomic E-state index is -0.260. The van der Waals surface area contributed by atoms with Crippen LogP contribution in [0.25, 0.3) is 5.57 Å². The average molecular weight is 441 g/mol. The number of benzene rings is 2. The Bertz CT molecular complexity index is 980. The Labute approximate surface area is 187 Å². The summed E-state index contributed by atoms with van der Waals surface area (Å²) in [6.07, 6.45) is 0.571. The molecule has 2 amide bonds. The van der Waals surface area contributed by atoms with Crippen LogP contribution in [-0.4, -0.2) is 61.1 Å². The summed E-state index contributed by atoms with van der Waals surface area (Å²) in [5.74, 6) is 0.227. The second-order valence-corrected chi connectivity index (χ2v) is 7.86. The number of carbonyl (C=O) groups excluding carboxylic acids is 2. The Morgan fingerprint density at radius 3 is 2.29 bits per heavy atom. The largest absolute Gasteiger partial charge is 0.494 e.